The standard InChI is InChI=1S/C22H24FNO6S/c1-11-3-5-13-15(7-11)24(22-21(28)20(27)19(26)16(10-25)30-22)9-18(13)31-17-6-4-12(29-2)8-14(17)23/h3-9,16,19-22,25-28H,10H2,1-2H3/t16-,19-,20+,21-,22-/m1/s1. The number of methoxy groups -OCH3 is 1. The minimum absolute atomic E-state index is 0.397. The predicted octanol–water partition coefficient (Wildman–Crippen LogP) is 2.22. The lowest BCUT2D eigenvalue weighted by Crippen LogP contribution is -2.56. The molecular formula is C22H24FNO6S. The summed E-state index contributed by atoms with van der Waals surface area (Å²) < 4.78 is 27.0. The second-order valence-electron chi connectivity index (χ2n) is 7.54. The van der Waals surface area contributed by atoms with Crippen LogP contribution in [0.3, 0.4) is 0 Å². The van der Waals surface area contributed by atoms with Gasteiger partial charge in [0, 0.05) is 27.4 Å². The van der Waals surface area contributed by atoms with Gasteiger partial charge in [0.2, 0.25) is 0 Å². The van der Waals surface area contributed by atoms with E-state index in [0.717, 1.165) is 15.8 Å². The number of fused-ring (bicyclic) bond motifs is 1. The molecular weight excluding hydrogens is 425 g/mol. The third-order valence-corrected chi connectivity index (χ3v) is 6.55. The predicted molar refractivity (Wildman–Crippen MR) is 113 cm³/mol. The molecule has 1 aromatic heterocycles. The van der Waals surface area contributed by atoms with Gasteiger partial charge in [0.15, 0.2) is 6.23 Å². The first-order valence-electron chi connectivity index (χ1n) is 9.77. The number of aliphatic hydroxyl groups is 4. The van der Waals surface area contributed by atoms with Crippen molar-refractivity contribution in [2.24, 2.45) is 0 Å². The number of aromatic nitrogens is 1. The number of hydrogen-bond acceptors (Lipinski definition) is 7. The summed E-state index contributed by atoms with van der Waals surface area (Å²) in [6, 6.07) is 10.3. The molecule has 0 bridgehead atoms. The normalized spacial score (nSPS) is 26.4. The first-order valence-corrected chi connectivity index (χ1v) is 10.6. The second-order valence-corrected chi connectivity index (χ2v) is 8.62. The monoisotopic (exact) mass is 449 g/mol. The summed E-state index contributed by atoms with van der Waals surface area (Å²) in [5.74, 6) is -0.00794. The highest BCUT2D eigenvalue weighted by Gasteiger charge is 2.44. The number of halogens is 1. The summed E-state index contributed by atoms with van der Waals surface area (Å²) >= 11 is 1.21. The summed E-state index contributed by atoms with van der Waals surface area (Å²) in [7, 11) is 1.47. The number of hydrogen-bond donors (Lipinski definition) is 4. The van der Waals surface area contributed by atoms with E-state index in [0.29, 0.717) is 16.2 Å². The molecule has 166 valence electrons. The smallest absolute Gasteiger partial charge is 0.163 e. The molecule has 1 aliphatic heterocycles. The Labute approximate surface area is 182 Å². The van der Waals surface area contributed by atoms with Crippen LogP contribution in [0.15, 0.2) is 52.4 Å². The van der Waals surface area contributed by atoms with E-state index in [4.69, 9.17) is 9.47 Å². The van der Waals surface area contributed by atoms with E-state index in [2.05, 4.69) is 0 Å². The molecule has 5 atom stereocenters. The Morgan fingerprint density at radius 3 is 2.52 bits per heavy atom. The van der Waals surface area contributed by atoms with Gasteiger partial charge in [0.25, 0.3) is 0 Å². The zero-order valence-corrected chi connectivity index (χ0v) is 17.8. The highest BCUT2D eigenvalue weighted by molar-refractivity contribution is 7.99. The SMILES string of the molecule is COc1ccc(Sc2cn([C@@H]3O[C@H](CO)[C@@H](O)[C@H](O)[C@H]3O)c3cc(C)ccc23)c(F)c1. The highest BCUT2D eigenvalue weighted by Crippen LogP contribution is 2.40. The van der Waals surface area contributed by atoms with Crippen molar-refractivity contribution in [1.82, 2.24) is 4.57 Å². The van der Waals surface area contributed by atoms with Crippen LogP contribution in [0.2, 0.25) is 0 Å². The molecule has 4 N–H and O–H groups in total. The third kappa shape index (κ3) is 4.05. The van der Waals surface area contributed by atoms with Crippen molar-refractivity contribution >= 4 is 22.7 Å². The fourth-order valence-electron chi connectivity index (χ4n) is 3.74. The lowest BCUT2D eigenvalue weighted by molar-refractivity contribution is -0.250. The van der Waals surface area contributed by atoms with Gasteiger partial charge in [0.1, 0.15) is 36.0 Å². The van der Waals surface area contributed by atoms with E-state index < -0.39 is 43.1 Å². The van der Waals surface area contributed by atoms with Gasteiger partial charge in [-0.2, -0.15) is 0 Å². The van der Waals surface area contributed by atoms with Gasteiger partial charge in [-0.05, 0) is 30.7 Å². The van der Waals surface area contributed by atoms with Crippen molar-refractivity contribution in [2.45, 2.75) is 47.4 Å². The summed E-state index contributed by atoms with van der Waals surface area (Å²) in [4.78, 5) is 1.12. The number of aliphatic hydroxyl groups excluding tert-OH is 4. The molecule has 1 fully saturated rings. The Bertz CT molecular complexity index is 1090. The van der Waals surface area contributed by atoms with Crippen molar-refractivity contribution in [2.75, 3.05) is 13.7 Å². The Morgan fingerprint density at radius 2 is 1.84 bits per heavy atom. The first-order chi connectivity index (χ1) is 14.8. The van der Waals surface area contributed by atoms with E-state index in [9.17, 15) is 24.8 Å². The Hall–Kier alpha value is -2.14. The van der Waals surface area contributed by atoms with Gasteiger partial charge in [-0.3, -0.25) is 0 Å². The molecule has 0 unspecified atom stereocenters. The largest absolute Gasteiger partial charge is 0.497 e. The van der Waals surface area contributed by atoms with Gasteiger partial charge in [0.05, 0.1) is 19.2 Å². The van der Waals surface area contributed by atoms with Crippen molar-refractivity contribution < 1.29 is 34.3 Å². The molecule has 4 rings (SSSR count). The first kappa shape index (κ1) is 22.1. The third-order valence-electron chi connectivity index (χ3n) is 5.45. The molecule has 2 heterocycles. The maximum absolute atomic E-state index is 14.5. The van der Waals surface area contributed by atoms with Crippen LogP contribution in [-0.2, 0) is 4.74 Å². The second kappa shape index (κ2) is 8.78. The maximum atomic E-state index is 14.5. The van der Waals surface area contributed by atoms with Crippen molar-refractivity contribution in [1.29, 1.82) is 0 Å². The minimum Gasteiger partial charge on any atom is -0.497 e. The van der Waals surface area contributed by atoms with Gasteiger partial charge in [-0.1, -0.05) is 23.9 Å². The highest BCUT2D eigenvalue weighted by atomic mass is 32.2. The number of rotatable bonds is 5. The summed E-state index contributed by atoms with van der Waals surface area (Å²) in [5, 5.41) is 41.2. The number of benzene rings is 2. The fraction of sp³-hybridized carbons (Fsp3) is 0.364. The zero-order chi connectivity index (χ0) is 22.3. The van der Waals surface area contributed by atoms with Crippen molar-refractivity contribution in [3.8, 4) is 5.75 Å². The van der Waals surface area contributed by atoms with Crippen LogP contribution in [0.5, 0.6) is 5.75 Å². The van der Waals surface area contributed by atoms with E-state index in [1.54, 1.807) is 22.9 Å². The Kier molecular flexibility index (Phi) is 6.25. The minimum atomic E-state index is -1.49. The lowest BCUT2D eigenvalue weighted by atomic mass is 9.98. The van der Waals surface area contributed by atoms with Gasteiger partial charge in [-0.15, -0.1) is 0 Å². The van der Waals surface area contributed by atoms with Crippen LogP contribution in [0.4, 0.5) is 4.39 Å². The molecule has 0 spiro atoms. The molecule has 31 heavy (non-hydrogen) atoms. The van der Waals surface area contributed by atoms with Crippen LogP contribution >= 0.6 is 11.8 Å². The molecule has 3 aromatic rings. The van der Waals surface area contributed by atoms with Crippen LogP contribution in [-0.4, -0.2) is 63.1 Å². The number of nitrogens with zero attached hydrogens (tertiary/aromatic N) is 1. The average Bonchev–Trinajstić information content (AvgIpc) is 3.11. The number of aryl methyl sites for hydroxylation is 1. The topological polar surface area (TPSA) is 104 Å². The van der Waals surface area contributed by atoms with E-state index in [1.807, 2.05) is 25.1 Å². The van der Waals surface area contributed by atoms with E-state index >= 15 is 0 Å². The van der Waals surface area contributed by atoms with Gasteiger partial charge >= 0.3 is 0 Å². The molecule has 0 amide bonds. The molecule has 1 saturated heterocycles. The summed E-state index contributed by atoms with van der Waals surface area (Å²) in [5.41, 5.74) is 1.67. The molecule has 0 aliphatic carbocycles. The van der Waals surface area contributed by atoms with E-state index in [1.165, 1.54) is 24.9 Å². The molecule has 7 nitrogen and oxygen atoms in total. The van der Waals surface area contributed by atoms with Crippen LogP contribution in [0.25, 0.3) is 10.9 Å². The van der Waals surface area contributed by atoms with Crippen molar-refractivity contribution in [3.05, 3.63) is 54.0 Å². The zero-order valence-electron chi connectivity index (χ0n) is 17.0. The summed E-state index contributed by atoms with van der Waals surface area (Å²) in [6.07, 6.45) is -4.72. The van der Waals surface area contributed by atoms with Crippen molar-refractivity contribution in [3.63, 3.8) is 0 Å². The van der Waals surface area contributed by atoms with Crippen LogP contribution < -0.4 is 4.74 Å². The van der Waals surface area contributed by atoms with Gasteiger partial charge < -0.3 is 34.5 Å². The quantitative estimate of drug-likeness (QED) is 0.474. The fourth-order valence-corrected chi connectivity index (χ4v) is 4.72. The molecule has 1 aliphatic rings. The lowest BCUT2D eigenvalue weighted by Gasteiger charge is -2.40. The van der Waals surface area contributed by atoms with Gasteiger partial charge in [-0.25, -0.2) is 4.39 Å². The van der Waals surface area contributed by atoms with E-state index in [-0.39, 0.29) is 0 Å². The molecule has 2 aromatic carbocycles. The Balaban J connectivity index is 1.78. The summed E-state index contributed by atoms with van der Waals surface area (Å²) in [6.45, 7) is 1.40. The van der Waals surface area contributed by atoms with Crippen LogP contribution in [0, 0.1) is 12.7 Å². The maximum Gasteiger partial charge on any atom is 0.163 e. The average molecular weight is 450 g/mol. The molecule has 9 heteroatoms. The number of ether oxygens (including phenoxy) is 2. The molecule has 0 saturated carbocycles. The molecule has 0 radical (unpaired) electrons. The Morgan fingerprint density at radius 1 is 1.06 bits per heavy atom. The van der Waals surface area contributed by atoms with Crippen LogP contribution in [0.1, 0.15) is 11.8 Å².